The molecule has 5 heteroatoms. The minimum atomic E-state index is -0.113. The van der Waals surface area contributed by atoms with Gasteiger partial charge in [0.2, 0.25) is 5.91 Å². The van der Waals surface area contributed by atoms with Gasteiger partial charge in [0.25, 0.3) is 5.91 Å². The summed E-state index contributed by atoms with van der Waals surface area (Å²) in [5.74, 6) is 0.00233. The van der Waals surface area contributed by atoms with Crippen LogP contribution in [0.25, 0.3) is 0 Å². The summed E-state index contributed by atoms with van der Waals surface area (Å²) >= 11 is 5.87. The predicted molar refractivity (Wildman–Crippen MR) is 101 cm³/mol. The number of hydrogen-bond acceptors (Lipinski definition) is 2. The second-order valence-corrected chi connectivity index (χ2v) is 6.44. The minimum Gasteiger partial charge on any atom is -0.355 e. The van der Waals surface area contributed by atoms with Crippen LogP contribution in [0.4, 0.5) is 0 Å². The molecule has 0 aliphatic heterocycles. The van der Waals surface area contributed by atoms with Crippen molar-refractivity contribution >= 4 is 23.4 Å². The Balaban J connectivity index is 1.79. The highest BCUT2D eigenvalue weighted by Crippen LogP contribution is 2.13. The van der Waals surface area contributed by atoms with Gasteiger partial charge in [-0.1, -0.05) is 35.9 Å². The van der Waals surface area contributed by atoms with Crippen molar-refractivity contribution in [2.75, 3.05) is 14.1 Å². The molecule has 4 nitrogen and oxygen atoms in total. The van der Waals surface area contributed by atoms with E-state index in [1.54, 1.807) is 31.1 Å². The summed E-state index contributed by atoms with van der Waals surface area (Å²) < 4.78 is 0. The van der Waals surface area contributed by atoms with Crippen LogP contribution in [0, 0.1) is 0 Å². The molecule has 0 aliphatic rings. The molecule has 2 rings (SSSR count). The Morgan fingerprint density at radius 3 is 2.20 bits per heavy atom. The molecule has 0 bridgehead atoms. The molecule has 2 aromatic carbocycles. The molecule has 2 aromatic rings. The van der Waals surface area contributed by atoms with Crippen molar-refractivity contribution in [2.24, 2.45) is 0 Å². The maximum absolute atomic E-state index is 12.3. The third kappa shape index (κ3) is 5.91. The Bertz CT molecular complexity index is 711. The van der Waals surface area contributed by atoms with Gasteiger partial charge in [-0.3, -0.25) is 9.59 Å². The number of carbonyl (C=O) groups is 2. The van der Waals surface area contributed by atoms with E-state index in [0.717, 1.165) is 23.4 Å². The van der Waals surface area contributed by atoms with E-state index < -0.39 is 0 Å². The van der Waals surface area contributed by atoms with E-state index in [1.807, 2.05) is 36.4 Å². The van der Waals surface area contributed by atoms with Gasteiger partial charge in [0.05, 0.1) is 0 Å². The molecule has 0 saturated heterocycles. The third-order valence-electron chi connectivity index (χ3n) is 4.06. The molecule has 0 atom stereocenters. The largest absolute Gasteiger partial charge is 0.355 e. The normalized spacial score (nSPS) is 10.4. The van der Waals surface area contributed by atoms with Gasteiger partial charge < -0.3 is 10.2 Å². The predicted octanol–water partition coefficient (Wildman–Crippen LogP) is 3.68. The number of halogens is 1. The zero-order valence-corrected chi connectivity index (χ0v) is 15.3. The van der Waals surface area contributed by atoms with Gasteiger partial charge in [-0.25, -0.2) is 0 Å². The Morgan fingerprint density at radius 1 is 1.00 bits per heavy atom. The monoisotopic (exact) mass is 358 g/mol. The fourth-order valence-electron chi connectivity index (χ4n) is 2.55. The van der Waals surface area contributed by atoms with E-state index in [0.29, 0.717) is 18.5 Å². The topological polar surface area (TPSA) is 49.4 Å². The second kappa shape index (κ2) is 9.23. The van der Waals surface area contributed by atoms with Crippen LogP contribution in [-0.2, 0) is 17.8 Å². The molecule has 132 valence electrons. The molecular weight excluding hydrogens is 336 g/mol. The molecular formula is C20H23ClN2O2. The van der Waals surface area contributed by atoms with Gasteiger partial charge >= 0.3 is 0 Å². The molecule has 25 heavy (non-hydrogen) atoms. The Labute approximate surface area is 153 Å². The van der Waals surface area contributed by atoms with Crippen LogP contribution in [0.3, 0.4) is 0 Å². The summed E-state index contributed by atoms with van der Waals surface area (Å²) in [5.41, 5.74) is 2.80. The van der Waals surface area contributed by atoms with Crippen LogP contribution in [0.5, 0.6) is 0 Å². The number of aryl methyl sites for hydroxylation is 1. The number of benzene rings is 2. The summed E-state index contributed by atoms with van der Waals surface area (Å²) in [4.78, 5) is 25.5. The van der Waals surface area contributed by atoms with E-state index in [-0.39, 0.29) is 11.8 Å². The maximum Gasteiger partial charge on any atom is 0.251 e. The van der Waals surface area contributed by atoms with E-state index in [2.05, 4.69) is 5.32 Å². The first kappa shape index (κ1) is 19.0. The Hall–Kier alpha value is -2.33. The number of nitrogens with one attached hydrogen (secondary N) is 1. The summed E-state index contributed by atoms with van der Waals surface area (Å²) in [6.07, 6.45) is 2.17. The molecule has 0 unspecified atom stereocenters. The van der Waals surface area contributed by atoms with Crippen molar-refractivity contribution < 1.29 is 9.59 Å². The van der Waals surface area contributed by atoms with Crippen LogP contribution in [0.1, 0.15) is 34.3 Å². The highest BCUT2D eigenvalue weighted by Gasteiger charge is 2.10. The van der Waals surface area contributed by atoms with Crippen molar-refractivity contribution in [1.82, 2.24) is 10.2 Å². The van der Waals surface area contributed by atoms with E-state index in [9.17, 15) is 9.59 Å². The maximum atomic E-state index is 12.3. The molecule has 0 saturated carbocycles. The number of hydrogen-bond donors (Lipinski definition) is 1. The zero-order chi connectivity index (χ0) is 18.2. The first-order valence-corrected chi connectivity index (χ1v) is 8.67. The standard InChI is InChI=1S/C20H23ClN2O2/c1-22-20(25)17-10-6-16(7-11-17)14-23(2)19(24)5-3-4-15-8-12-18(21)13-9-15/h6-13H,3-5,14H2,1-2H3,(H,22,25). The van der Waals surface area contributed by atoms with Crippen molar-refractivity contribution in [3.63, 3.8) is 0 Å². The van der Waals surface area contributed by atoms with E-state index in [4.69, 9.17) is 11.6 Å². The fraction of sp³-hybridized carbons (Fsp3) is 0.300. The summed E-state index contributed by atoms with van der Waals surface area (Å²) in [6, 6.07) is 15.0. The first-order chi connectivity index (χ1) is 12.0. The summed E-state index contributed by atoms with van der Waals surface area (Å²) in [5, 5.41) is 3.31. The molecule has 0 heterocycles. The van der Waals surface area contributed by atoms with Crippen molar-refractivity contribution in [3.8, 4) is 0 Å². The molecule has 0 aromatic heterocycles. The average Bonchev–Trinajstić information content (AvgIpc) is 2.63. The van der Waals surface area contributed by atoms with Crippen LogP contribution in [-0.4, -0.2) is 30.8 Å². The van der Waals surface area contributed by atoms with Crippen molar-refractivity contribution in [2.45, 2.75) is 25.8 Å². The lowest BCUT2D eigenvalue weighted by Crippen LogP contribution is -2.26. The Kier molecular flexibility index (Phi) is 7.02. The lowest BCUT2D eigenvalue weighted by Gasteiger charge is -2.17. The smallest absolute Gasteiger partial charge is 0.251 e. The van der Waals surface area contributed by atoms with Gasteiger partial charge in [-0.05, 0) is 48.2 Å². The molecule has 0 aliphatic carbocycles. The second-order valence-electron chi connectivity index (χ2n) is 6.01. The van der Waals surface area contributed by atoms with Gasteiger partial charge in [-0.15, -0.1) is 0 Å². The Morgan fingerprint density at radius 2 is 1.60 bits per heavy atom. The average molecular weight is 359 g/mol. The van der Waals surface area contributed by atoms with Crippen molar-refractivity contribution in [3.05, 3.63) is 70.2 Å². The third-order valence-corrected chi connectivity index (χ3v) is 4.31. The van der Waals surface area contributed by atoms with Gasteiger partial charge in [0, 0.05) is 37.6 Å². The molecule has 2 amide bonds. The molecule has 1 N–H and O–H groups in total. The molecule has 0 fully saturated rings. The fourth-order valence-corrected chi connectivity index (χ4v) is 2.68. The summed E-state index contributed by atoms with van der Waals surface area (Å²) in [6.45, 7) is 0.536. The number of amides is 2. The van der Waals surface area contributed by atoms with Gasteiger partial charge in [0.15, 0.2) is 0 Å². The van der Waals surface area contributed by atoms with Crippen molar-refractivity contribution in [1.29, 1.82) is 0 Å². The minimum absolute atomic E-state index is 0.113. The first-order valence-electron chi connectivity index (χ1n) is 8.29. The molecule has 0 spiro atoms. The highest BCUT2D eigenvalue weighted by atomic mass is 35.5. The van der Waals surface area contributed by atoms with Crippen LogP contribution in [0.2, 0.25) is 5.02 Å². The van der Waals surface area contributed by atoms with Crippen LogP contribution >= 0.6 is 11.6 Å². The number of rotatable bonds is 7. The van der Waals surface area contributed by atoms with Gasteiger partial charge in [0.1, 0.15) is 0 Å². The lowest BCUT2D eigenvalue weighted by molar-refractivity contribution is -0.130. The number of carbonyl (C=O) groups excluding carboxylic acids is 2. The number of nitrogens with zero attached hydrogens (tertiary/aromatic N) is 1. The SMILES string of the molecule is CNC(=O)c1ccc(CN(C)C(=O)CCCc2ccc(Cl)cc2)cc1. The summed E-state index contributed by atoms with van der Waals surface area (Å²) in [7, 11) is 3.41. The van der Waals surface area contributed by atoms with E-state index >= 15 is 0 Å². The zero-order valence-electron chi connectivity index (χ0n) is 14.6. The van der Waals surface area contributed by atoms with Crippen LogP contribution < -0.4 is 5.32 Å². The molecule has 0 radical (unpaired) electrons. The quantitative estimate of drug-likeness (QED) is 0.820. The van der Waals surface area contributed by atoms with Crippen LogP contribution in [0.15, 0.2) is 48.5 Å². The van der Waals surface area contributed by atoms with Gasteiger partial charge in [-0.2, -0.15) is 0 Å². The highest BCUT2D eigenvalue weighted by molar-refractivity contribution is 6.30. The van der Waals surface area contributed by atoms with E-state index in [1.165, 1.54) is 5.56 Å². The lowest BCUT2D eigenvalue weighted by atomic mass is 10.1.